The van der Waals surface area contributed by atoms with Crippen LogP contribution in [0, 0.1) is 0 Å². The summed E-state index contributed by atoms with van der Waals surface area (Å²) in [6.45, 7) is 1.04. The lowest BCUT2D eigenvalue weighted by atomic mass is 10.1. The predicted molar refractivity (Wildman–Crippen MR) is 82.1 cm³/mol. The van der Waals surface area contributed by atoms with Gasteiger partial charge in [-0.1, -0.05) is 35.9 Å². The summed E-state index contributed by atoms with van der Waals surface area (Å²) < 4.78 is 10.7. The molecule has 0 atom stereocenters. The van der Waals surface area contributed by atoms with Crippen molar-refractivity contribution in [2.75, 3.05) is 6.79 Å². The highest BCUT2D eigenvalue weighted by Gasteiger charge is 2.21. The van der Waals surface area contributed by atoms with Gasteiger partial charge in [0.2, 0.25) is 6.79 Å². The van der Waals surface area contributed by atoms with Gasteiger partial charge in [0.1, 0.15) is 0 Å². The fraction of sp³-hybridized carbons (Fsp3) is 0.294. The highest BCUT2D eigenvalue weighted by Crippen LogP contribution is 2.39. The van der Waals surface area contributed by atoms with E-state index in [9.17, 15) is 0 Å². The van der Waals surface area contributed by atoms with Gasteiger partial charge >= 0.3 is 0 Å². The van der Waals surface area contributed by atoms with E-state index in [4.69, 9.17) is 21.1 Å². The highest BCUT2D eigenvalue weighted by atomic mass is 35.5. The first kappa shape index (κ1) is 13.0. The van der Waals surface area contributed by atoms with Gasteiger partial charge in [-0.2, -0.15) is 0 Å². The average molecular weight is 302 g/mol. The lowest BCUT2D eigenvalue weighted by molar-refractivity contribution is 0.174. The van der Waals surface area contributed by atoms with Crippen molar-refractivity contribution >= 4 is 11.6 Å². The van der Waals surface area contributed by atoms with Gasteiger partial charge in [-0.15, -0.1) is 0 Å². The fourth-order valence-corrected chi connectivity index (χ4v) is 3.38. The molecule has 0 spiro atoms. The van der Waals surface area contributed by atoms with E-state index in [1.165, 1.54) is 11.1 Å². The van der Waals surface area contributed by atoms with Crippen molar-refractivity contribution in [3.8, 4) is 11.5 Å². The van der Waals surface area contributed by atoms with Crippen LogP contribution in [0.2, 0.25) is 5.02 Å². The minimum absolute atomic E-state index is 0.254. The standard InChI is InChI=1S/C17H16ClNO2/c18-15-5-11(6-16-17(15)21-10-20-16)9-19-14-7-12-3-1-2-4-13(12)8-14/h1-6,14,19H,7-10H2. The smallest absolute Gasteiger partial charge is 0.231 e. The summed E-state index contributed by atoms with van der Waals surface area (Å²) in [5, 5.41) is 4.23. The molecule has 2 aliphatic rings. The zero-order chi connectivity index (χ0) is 14.2. The normalized spacial score (nSPS) is 16.2. The molecule has 4 heteroatoms. The number of hydrogen-bond acceptors (Lipinski definition) is 3. The molecule has 1 aliphatic carbocycles. The first-order chi connectivity index (χ1) is 10.3. The van der Waals surface area contributed by atoms with Gasteiger partial charge < -0.3 is 14.8 Å². The zero-order valence-corrected chi connectivity index (χ0v) is 12.3. The maximum atomic E-state index is 6.21. The molecule has 1 N–H and O–H groups in total. The number of ether oxygens (including phenoxy) is 2. The van der Waals surface area contributed by atoms with Crippen molar-refractivity contribution in [2.45, 2.75) is 25.4 Å². The second kappa shape index (κ2) is 5.24. The van der Waals surface area contributed by atoms with Gasteiger partial charge in [0, 0.05) is 12.6 Å². The van der Waals surface area contributed by atoms with E-state index in [1.807, 2.05) is 12.1 Å². The summed E-state index contributed by atoms with van der Waals surface area (Å²) in [4.78, 5) is 0. The lowest BCUT2D eigenvalue weighted by Gasteiger charge is -2.12. The third kappa shape index (κ3) is 2.47. The minimum Gasteiger partial charge on any atom is -0.454 e. The summed E-state index contributed by atoms with van der Waals surface area (Å²) in [7, 11) is 0. The number of rotatable bonds is 3. The quantitative estimate of drug-likeness (QED) is 0.943. The van der Waals surface area contributed by atoms with E-state index in [0.717, 1.165) is 30.7 Å². The highest BCUT2D eigenvalue weighted by molar-refractivity contribution is 6.32. The second-order valence-corrected chi connectivity index (χ2v) is 5.97. The van der Waals surface area contributed by atoms with Crippen molar-refractivity contribution in [3.05, 3.63) is 58.1 Å². The second-order valence-electron chi connectivity index (χ2n) is 5.57. The molecule has 0 saturated heterocycles. The molecule has 0 aromatic heterocycles. The van der Waals surface area contributed by atoms with Gasteiger partial charge in [0.15, 0.2) is 11.5 Å². The Hall–Kier alpha value is -1.71. The molecule has 4 rings (SSSR count). The molecule has 0 amide bonds. The van der Waals surface area contributed by atoms with Gasteiger partial charge in [-0.3, -0.25) is 0 Å². The summed E-state index contributed by atoms with van der Waals surface area (Å²) >= 11 is 6.21. The number of hydrogen-bond donors (Lipinski definition) is 1. The summed E-state index contributed by atoms with van der Waals surface area (Å²) in [6.07, 6.45) is 2.18. The van der Waals surface area contributed by atoms with E-state index in [2.05, 4.69) is 29.6 Å². The lowest BCUT2D eigenvalue weighted by Crippen LogP contribution is -2.28. The van der Waals surface area contributed by atoms with Crippen LogP contribution < -0.4 is 14.8 Å². The van der Waals surface area contributed by atoms with Crippen LogP contribution in [0.25, 0.3) is 0 Å². The predicted octanol–water partition coefficient (Wildman–Crippen LogP) is 3.33. The number of benzene rings is 2. The molecule has 0 radical (unpaired) electrons. The van der Waals surface area contributed by atoms with Gasteiger partial charge in [0.25, 0.3) is 0 Å². The molecule has 2 aromatic carbocycles. The van der Waals surface area contributed by atoms with E-state index < -0.39 is 0 Å². The molecule has 21 heavy (non-hydrogen) atoms. The zero-order valence-electron chi connectivity index (χ0n) is 11.6. The Morgan fingerprint density at radius 1 is 1.10 bits per heavy atom. The van der Waals surface area contributed by atoms with Gasteiger partial charge in [-0.05, 0) is 41.7 Å². The topological polar surface area (TPSA) is 30.5 Å². The van der Waals surface area contributed by atoms with Crippen LogP contribution in [-0.4, -0.2) is 12.8 Å². The van der Waals surface area contributed by atoms with E-state index >= 15 is 0 Å². The molecular formula is C17H16ClNO2. The van der Waals surface area contributed by atoms with Crippen LogP contribution in [0.15, 0.2) is 36.4 Å². The van der Waals surface area contributed by atoms with E-state index in [-0.39, 0.29) is 6.79 Å². The van der Waals surface area contributed by atoms with Crippen LogP contribution in [0.3, 0.4) is 0 Å². The van der Waals surface area contributed by atoms with Crippen LogP contribution in [-0.2, 0) is 19.4 Å². The van der Waals surface area contributed by atoms with Crippen molar-refractivity contribution in [1.29, 1.82) is 0 Å². The van der Waals surface area contributed by atoms with E-state index in [0.29, 0.717) is 16.8 Å². The van der Waals surface area contributed by atoms with Gasteiger partial charge in [-0.25, -0.2) is 0 Å². The number of fused-ring (bicyclic) bond motifs is 2. The number of halogens is 1. The third-order valence-corrected chi connectivity index (χ3v) is 4.41. The van der Waals surface area contributed by atoms with Crippen LogP contribution in [0.5, 0.6) is 11.5 Å². The maximum absolute atomic E-state index is 6.21. The first-order valence-electron chi connectivity index (χ1n) is 7.18. The summed E-state index contributed by atoms with van der Waals surface area (Å²) in [5.74, 6) is 1.41. The largest absolute Gasteiger partial charge is 0.454 e. The molecular weight excluding hydrogens is 286 g/mol. The van der Waals surface area contributed by atoms with Crippen molar-refractivity contribution in [1.82, 2.24) is 5.32 Å². The van der Waals surface area contributed by atoms with Crippen molar-refractivity contribution < 1.29 is 9.47 Å². The van der Waals surface area contributed by atoms with Crippen molar-refractivity contribution in [3.63, 3.8) is 0 Å². The first-order valence-corrected chi connectivity index (χ1v) is 7.55. The Balaban J connectivity index is 1.43. The maximum Gasteiger partial charge on any atom is 0.231 e. The van der Waals surface area contributed by atoms with Crippen LogP contribution >= 0.6 is 11.6 Å². The SMILES string of the molecule is Clc1cc(CNC2Cc3ccccc3C2)cc2c1OCO2. The Morgan fingerprint density at radius 2 is 1.86 bits per heavy atom. The monoisotopic (exact) mass is 301 g/mol. The molecule has 108 valence electrons. The number of nitrogens with one attached hydrogen (secondary N) is 1. The molecule has 0 unspecified atom stereocenters. The Bertz CT molecular complexity index is 661. The fourth-order valence-electron chi connectivity index (χ4n) is 3.09. The molecule has 1 aliphatic heterocycles. The molecule has 0 saturated carbocycles. The molecule has 0 fully saturated rings. The Labute approximate surface area is 128 Å². The molecule has 2 aromatic rings. The molecule has 3 nitrogen and oxygen atoms in total. The Morgan fingerprint density at radius 3 is 2.62 bits per heavy atom. The Kier molecular flexibility index (Phi) is 3.24. The average Bonchev–Trinajstić information content (AvgIpc) is 3.11. The molecule has 1 heterocycles. The van der Waals surface area contributed by atoms with E-state index in [1.54, 1.807) is 0 Å². The van der Waals surface area contributed by atoms with Crippen LogP contribution in [0.4, 0.5) is 0 Å². The van der Waals surface area contributed by atoms with Crippen molar-refractivity contribution in [2.24, 2.45) is 0 Å². The minimum atomic E-state index is 0.254. The summed E-state index contributed by atoms with van der Waals surface area (Å²) in [6, 6.07) is 13.1. The molecule has 0 bridgehead atoms. The van der Waals surface area contributed by atoms with Gasteiger partial charge in [0.05, 0.1) is 5.02 Å². The van der Waals surface area contributed by atoms with Crippen LogP contribution in [0.1, 0.15) is 16.7 Å². The summed E-state index contributed by atoms with van der Waals surface area (Å²) in [5.41, 5.74) is 4.04. The third-order valence-electron chi connectivity index (χ3n) is 4.13.